The predicted molar refractivity (Wildman–Crippen MR) is 87.5 cm³/mol. The topological polar surface area (TPSA) is 81.2 Å². The molecule has 3 saturated heterocycles. The first-order chi connectivity index (χ1) is 11.6. The first kappa shape index (κ1) is 17.0. The van der Waals surface area contributed by atoms with Crippen LogP contribution in [-0.2, 0) is 9.59 Å². The number of carbonyl (C=O) groups excluding carboxylic acids is 2. The molecule has 0 radical (unpaired) electrons. The lowest BCUT2D eigenvalue weighted by Crippen LogP contribution is -2.52. The van der Waals surface area contributed by atoms with Gasteiger partial charge in [0.05, 0.1) is 0 Å². The first-order valence-electron chi connectivity index (χ1n) is 9.15. The highest BCUT2D eigenvalue weighted by Gasteiger charge is 2.37. The van der Waals surface area contributed by atoms with Crippen LogP contribution in [0.15, 0.2) is 0 Å². The van der Waals surface area contributed by atoms with E-state index in [-0.39, 0.29) is 17.9 Å². The monoisotopic (exact) mass is 337 g/mol. The summed E-state index contributed by atoms with van der Waals surface area (Å²) >= 11 is 0. The molecule has 0 bridgehead atoms. The van der Waals surface area contributed by atoms with Crippen molar-refractivity contribution in [1.29, 1.82) is 0 Å². The lowest BCUT2D eigenvalue weighted by atomic mass is 9.92. The molecule has 7 nitrogen and oxygen atoms in total. The molecule has 0 aromatic rings. The zero-order chi connectivity index (χ0) is 17.1. The van der Waals surface area contributed by atoms with Gasteiger partial charge >= 0.3 is 12.0 Å². The molecule has 3 rings (SSSR count). The summed E-state index contributed by atoms with van der Waals surface area (Å²) in [6, 6.07) is -0.574. The Hall–Kier alpha value is -1.79. The Kier molecular flexibility index (Phi) is 5.26. The molecule has 3 amide bonds. The molecule has 0 spiro atoms. The van der Waals surface area contributed by atoms with Gasteiger partial charge in [-0.15, -0.1) is 0 Å². The average molecular weight is 337 g/mol. The highest BCUT2D eigenvalue weighted by molar-refractivity contribution is 5.85. The number of nitrogens with zero attached hydrogens (tertiary/aromatic N) is 3. The van der Waals surface area contributed by atoms with Crippen molar-refractivity contribution in [3.63, 3.8) is 0 Å². The van der Waals surface area contributed by atoms with Gasteiger partial charge in [0.25, 0.3) is 0 Å². The van der Waals surface area contributed by atoms with E-state index in [1.54, 1.807) is 4.90 Å². The molecule has 0 saturated carbocycles. The number of aliphatic carboxylic acids is 1. The normalized spacial score (nSPS) is 25.8. The Bertz CT molecular complexity index is 496. The number of hydrogen-bond donors (Lipinski definition) is 1. The van der Waals surface area contributed by atoms with E-state index in [1.165, 1.54) is 0 Å². The van der Waals surface area contributed by atoms with Crippen LogP contribution in [0.5, 0.6) is 0 Å². The molecule has 0 aromatic carbocycles. The molecule has 1 N–H and O–H groups in total. The van der Waals surface area contributed by atoms with Crippen LogP contribution in [-0.4, -0.2) is 76.5 Å². The number of hydrogen-bond acceptors (Lipinski definition) is 3. The fourth-order valence-corrected chi connectivity index (χ4v) is 4.11. The van der Waals surface area contributed by atoms with E-state index in [1.807, 2.05) is 9.80 Å². The molecule has 0 aromatic heterocycles. The number of amides is 3. The second kappa shape index (κ2) is 7.40. The van der Waals surface area contributed by atoms with Crippen LogP contribution < -0.4 is 0 Å². The molecule has 1 atom stereocenters. The third-order valence-corrected chi connectivity index (χ3v) is 5.56. The average Bonchev–Trinajstić information content (AvgIpc) is 3.15. The van der Waals surface area contributed by atoms with Crippen molar-refractivity contribution >= 4 is 17.9 Å². The summed E-state index contributed by atoms with van der Waals surface area (Å²) < 4.78 is 0. The standard InChI is InChI=1S/C17H27N3O4/c21-15(20-10-2-1-5-14(20)16(22)23)13-6-11-19(12-7-13)17(24)18-8-3-4-9-18/h13-14H,1-12H2,(H,22,23). The van der Waals surface area contributed by atoms with Gasteiger partial charge in [-0.3, -0.25) is 4.79 Å². The fourth-order valence-electron chi connectivity index (χ4n) is 4.11. The quantitative estimate of drug-likeness (QED) is 0.825. The molecule has 24 heavy (non-hydrogen) atoms. The van der Waals surface area contributed by atoms with Crippen molar-refractivity contribution in [2.75, 3.05) is 32.7 Å². The number of piperidine rings is 2. The van der Waals surface area contributed by atoms with Crippen LogP contribution in [0.1, 0.15) is 44.9 Å². The Morgan fingerprint density at radius 1 is 0.750 bits per heavy atom. The molecule has 7 heteroatoms. The molecule has 3 heterocycles. The SMILES string of the molecule is O=C(O)C1CCCCN1C(=O)C1CCN(C(=O)N2CCCC2)CC1. The van der Waals surface area contributed by atoms with Crippen LogP contribution in [0.25, 0.3) is 0 Å². The van der Waals surface area contributed by atoms with Gasteiger partial charge in [-0.2, -0.15) is 0 Å². The van der Waals surface area contributed by atoms with Crippen LogP contribution >= 0.6 is 0 Å². The van der Waals surface area contributed by atoms with Gasteiger partial charge in [-0.05, 0) is 44.9 Å². The van der Waals surface area contributed by atoms with Crippen molar-refractivity contribution in [1.82, 2.24) is 14.7 Å². The number of carbonyl (C=O) groups is 3. The number of carboxylic acids is 1. The minimum atomic E-state index is -0.898. The Morgan fingerprint density at radius 2 is 1.33 bits per heavy atom. The summed E-state index contributed by atoms with van der Waals surface area (Å²) in [5, 5.41) is 9.34. The van der Waals surface area contributed by atoms with Crippen molar-refractivity contribution in [2.24, 2.45) is 5.92 Å². The maximum Gasteiger partial charge on any atom is 0.326 e. The highest BCUT2D eigenvalue weighted by atomic mass is 16.4. The van der Waals surface area contributed by atoms with Crippen LogP contribution in [0, 0.1) is 5.92 Å². The van der Waals surface area contributed by atoms with Gasteiger partial charge in [0, 0.05) is 38.6 Å². The summed E-state index contributed by atoms with van der Waals surface area (Å²) in [5.74, 6) is -1.08. The molecular formula is C17H27N3O4. The Balaban J connectivity index is 1.54. The summed E-state index contributed by atoms with van der Waals surface area (Å²) in [7, 11) is 0. The van der Waals surface area contributed by atoms with E-state index in [0.29, 0.717) is 38.9 Å². The van der Waals surface area contributed by atoms with Crippen molar-refractivity contribution in [3.05, 3.63) is 0 Å². The maximum absolute atomic E-state index is 12.7. The lowest BCUT2D eigenvalue weighted by Gasteiger charge is -2.39. The van der Waals surface area contributed by atoms with E-state index in [9.17, 15) is 19.5 Å². The first-order valence-corrected chi connectivity index (χ1v) is 9.15. The smallest absolute Gasteiger partial charge is 0.326 e. The molecule has 0 aliphatic carbocycles. The maximum atomic E-state index is 12.7. The third kappa shape index (κ3) is 3.49. The predicted octanol–water partition coefficient (Wildman–Crippen LogP) is 1.38. The van der Waals surface area contributed by atoms with E-state index in [4.69, 9.17) is 0 Å². The highest BCUT2D eigenvalue weighted by Crippen LogP contribution is 2.26. The summed E-state index contributed by atoms with van der Waals surface area (Å²) in [5.41, 5.74) is 0. The molecule has 3 aliphatic heterocycles. The second-order valence-electron chi connectivity index (χ2n) is 7.12. The van der Waals surface area contributed by atoms with Crippen molar-refractivity contribution in [2.45, 2.75) is 51.0 Å². The van der Waals surface area contributed by atoms with Gasteiger partial charge < -0.3 is 19.8 Å². The summed E-state index contributed by atoms with van der Waals surface area (Å²) in [6.45, 7) is 3.41. The van der Waals surface area contributed by atoms with E-state index in [2.05, 4.69) is 0 Å². The van der Waals surface area contributed by atoms with Gasteiger partial charge in [0.2, 0.25) is 5.91 Å². The Labute approximate surface area is 142 Å². The molecule has 3 aliphatic rings. The minimum Gasteiger partial charge on any atom is -0.480 e. The van der Waals surface area contributed by atoms with Gasteiger partial charge in [0.15, 0.2) is 0 Å². The van der Waals surface area contributed by atoms with Gasteiger partial charge in [-0.1, -0.05) is 0 Å². The van der Waals surface area contributed by atoms with Crippen LogP contribution in [0.4, 0.5) is 4.79 Å². The molecule has 134 valence electrons. The van der Waals surface area contributed by atoms with Crippen molar-refractivity contribution in [3.8, 4) is 0 Å². The largest absolute Gasteiger partial charge is 0.480 e. The zero-order valence-corrected chi connectivity index (χ0v) is 14.2. The van der Waals surface area contributed by atoms with Crippen LogP contribution in [0.2, 0.25) is 0 Å². The zero-order valence-electron chi connectivity index (χ0n) is 14.2. The summed E-state index contributed by atoms with van der Waals surface area (Å²) in [6.07, 6.45) is 5.72. The molecule has 1 unspecified atom stereocenters. The van der Waals surface area contributed by atoms with Crippen molar-refractivity contribution < 1.29 is 19.5 Å². The van der Waals surface area contributed by atoms with E-state index in [0.717, 1.165) is 38.8 Å². The number of likely N-dealkylation sites (tertiary alicyclic amines) is 3. The van der Waals surface area contributed by atoms with Gasteiger partial charge in [-0.25, -0.2) is 9.59 Å². The summed E-state index contributed by atoms with van der Waals surface area (Å²) in [4.78, 5) is 41.8. The third-order valence-electron chi connectivity index (χ3n) is 5.56. The molecular weight excluding hydrogens is 310 g/mol. The van der Waals surface area contributed by atoms with E-state index >= 15 is 0 Å². The fraction of sp³-hybridized carbons (Fsp3) is 0.824. The van der Waals surface area contributed by atoms with Gasteiger partial charge in [0.1, 0.15) is 6.04 Å². The lowest BCUT2D eigenvalue weighted by molar-refractivity contribution is -0.154. The van der Waals surface area contributed by atoms with Crippen LogP contribution in [0.3, 0.4) is 0 Å². The molecule has 3 fully saturated rings. The Morgan fingerprint density at radius 3 is 1.96 bits per heavy atom. The number of urea groups is 1. The number of rotatable bonds is 2. The van der Waals surface area contributed by atoms with E-state index < -0.39 is 12.0 Å². The second-order valence-corrected chi connectivity index (χ2v) is 7.12. The number of carboxylic acid groups (broad SMARTS) is 1. The minimum absolute atomic E-state index is 0.0321.